The number of benzene rings is 1. The maximum atomic E-state index is 13.4. The quantitative estimate of drug-likeness (QED) is 0.362. The van der Waals surface area contributed by atoms with E-state index in [1.165, 1.54) is 23.9 Å². The monoisotopic (exact) mass is 398 g/mol. The molecule has 0 N–H and O–H groups in total. The molecular weight excluding hydrogens is 392 g/mol. The Balaban J connectivity index is 1.79. The normalized spacial score (nSPS) is 13.1. The minimum Gasteiger partial charge on any atom is -0.445 e. The summed E-state index contributed by atoms with van der Waals surface area (Å²) in [6.07, 6.45) is 3.03. The number of fused-ring (bicyclic) bond motifs is 8. The topological polar surface area (TPSA) is 95.0 Å². The highest BCUT2D eigenvalue weighted by atomic mass is 32.1. The van der Waals surface area contributed by atoms with Gasteiger partial charge in [0.05, 0.1) is 17.2 Å². The van der Waals surface area contributed by atoms with E-state index in [1.807, 2.05) is 6.07 Å². The van der Waals surface area contributed by atoms with E-state index in [4.69, 9.17) is 8.83 Å². The molecule has 0 aliphatic carbocycles. The van der Waals surface area contributed by atoms with Gasteiger partial charge in [0, 0.05) is 33.7 Å². The Morgan fingerprint density at radius 1 is 0.724 bits per heavy atom. The van der Waals surface area contributed by atoms with Gasteiger partial charge in [0.25, 0.3) is 11.1 Å². The molecule has 8 nitrogen and oxygen atoms in total. The highest BCUT2D eigenvalue weighted by Gasteiger charge is 2.25. The molecule has 8 aromatic rings. The molecule has 136 valence electrons. The van der Waals surface area contributed by atoms with Crippen molar-refractivity contribution in [2.45, 2.75) is 0 Å². The van der Waals surface area contributed by atoms with Crippen LogP contribution in [0.25, 0.3) is 64.7 Å². The van der Waals surface area contributed by atoms with Crippen molar-refractivity contribution < 1.29 is 8.83 Å². The zero-order valence-corrected chi connectivity index (χ0v) is 15.1. The van der Waals surface area contributed by atoms with Crippen LogP contribution in [0, 0.1) is 0 Å². The second-order valence-corrected chi connectivity index (χ2v) is 8.07. The summed E-state index contributed by atoms with van der Waals surface area (Å²) in [4.78, 5) is 35.7. The van der Waals surface area contributed by atoms with Gasteiger partial charge >= 0.3 is 0 Å². The number of pyridine rings is 2. The van der Waals surface area contributed by atoms with Crippen LogP contribution in [0.4, 0.5) is 0 Å². The number of aromatic nitrogens is 4. The predicted octanol–water partition coefficient (Wildman–Crippen LogP) is 3.59. The Morgan fingerprint density at radius 3 is 2.10 bits per heavy atom. The highest BCUT2D eigenvalue weighted by Crippen LogP contribution is 2.41. The van der Waals surface area contributed by atoms with Crippen molar-refractivity contribution in [1.29, 1.82) is 0 Å². The van der Waals surface area contributed by atoms with Gasteiger partial charge in [0.2, 0.25) is 11.4 Å². The van der Waals surface area contributed by atoms with Crippen molar-refractivity contribution in [3.05, 3.63) is 57.5 Å². The van der Waals surface area contributed by atoms with Crippen LogP contribution in [0.1, 0.15) is 0 Å². The molecule has 0 aliphatic heterocycles. The summed E-state index contributed by atoms with van der Waals surface area (Å²) >= 11 is 1.35. The molecule has 0 saturated heterocycles. The fraction of sp³-hybridized carbons (Fsp3) is 0. The number of hydrogen-bond donors (Lipinski definition) is 0. The second kappa shape index (κ2) is 4.20. The summed E-state index contributed by atoms with van der Waals surface area (Å²) in [5.74, 6) is 0. The summed E-state index contributed by atoms with van der Waals surface area (Å²) in [5, 5.41) is 2.87. The van der Waals surface area contributed by atoms with Gasteiger partial charge in [-0.15, -0.1) is 11.3 Å². The molecule has 0 fully saturated rings. The SMILES string of the molecule is O=c1c2sc3c4c(ccc(c24)c2nc4occc4n12)c(=O)n1c2ccoc2nc31. The van der Waals surface area contributed by atoms with Crippen LogP contribution in [0.3, 0.4) is 0 Å². The van der Waals surface area contributed by atoms with Gasteiger partial charge < -0.3 is 8.83 Å². The van der Waals surface area contributed by atoms with Gasteiger partial charge in [-0.2, -0.15) is 9.97 Å². The summed E-state index contributed by atoms with van der Waals surface area (Å²) in [5.41, 5.74) is 2.76. The van der Waals surface area contributed by atoms with E-state index in [9.17, 15) is 9.59 Å². The van der Waals surface area contributed by atoms with E-state index in [2.05, 4.69) is 9.97 Å². The number of nitrogens with zero attached hydrogens (tertiary/aromatic N) is 4. The first-order valence-corrected chi connectivity index (χ1v) is 9.65. The number of rotatable bonds is 0. The fourth-order valence-corrected chi connectivity index (χ4v) is 5.77. The summed E-state index contributed by atoms with van der Waals surface area (Å²) in [6.45, 7) is 0. The Bertz CT molecular complexity index is 2070. The third-order valence-corrected chi connectivity index (χ3v) is 6.88. The van der Waals surface area contributed by atoms with E-state index >= 15 is 0 Å². The molecule has 0 bridgehead atoms. The number of imidazole rings is 2. The summed E-state index contributed by atoms with van der Waals surface area (Å²) < 4.78 is 15.3. The van der Waals surface area contributed by atoms with Crippen LogP contribution in [-0.4, -0.2) is 18.8 Å². The van der Waals surface area contributed by atoms with Crippen molar-refractivity contribution >= 4 is 76.0 Å². The standard InChI is InChI=1S/C20H6N4O4S/c25-19-8-2-1-7-11-12(8)13(16-22-18-10(24(16)19)4-6-28-18)29-14(11)20(26)23-9-3-5-27-17(9)21-15(7)23/h1-6H. The first-order valence-electron chi connectivity index (χ1n) is 8.84. The molecule has 29 heavy (non-hydrogen) atoms. The van der Waals surface area contributed by atoms with Crippen LogP contribution < -0.4 is 11.1 Å². The Morgan fingerprint density at radius 2 is 1.34 bits per heavy atom. The number of thiophene rings is 1. The van der Waals surface area contributed by atoms with E-state index in [0.717, 1.165) is 20.9 Å². The van der Waals surface area contributed by atoms with Crippen LogP contribution in [-0.2, 0) is 0 Å². The lowest BCUT2D eigenvalue weighted by molar-refractivity contribution is 0.605. The maximum Gasteiger partial charge on any atom is 0.274 e. The third-order valence-electron chi connectivity index (χ3n) is 5.71. The molecule has 0 spiro atoms. The molecule has 1 aromatic carbocycles. The molecule has 0 unspecified atom stereocenters. The van der Waals surface area contributed by atoms with E-state index in [-0.39, 0.29) is 11.1 Å². The van der Waals surface area contributed by atoms with Crippen LogP contribution in [0.5, 0.6) is 0 Å². The van der Waals surface area contributed by atoms with Crippen molar-refractivity contribution in [2.75, 3.05) is 0 Å². The fourth-order valence-electron chi connectivity index (χ4n) is 4.53. The largest absolute Gasteiger partial charge is 0.445 e. The lowest BCUT2D eigenvalue weighted by atomic mass is 10.0. The van der Waals surface area contributed by atoms with Gasteiger partial charge in [0.1, 0.15) is 15.7 Å². The minimum atomic E-state index is -0.178. The van der Waals surface area contributed by atoms with E-state index < -0.39 is 0 Å². The average molecular weight is 398 g/mol. The molecule has 0 amide bonds. The summed E-state index contributed by atoms with van der Waals surface area (Å²) in [6, 6.07) is 7.11. The Hall–Kier alpha value is -3.98. The van der Waals surface area contributed by atoms with Gasteiger partial charge in [-0.1, -0.05) is 0 Å². The third kappa shape index (κ3) is 1.35. The van der Waals surface area contributed by atoms with Crippen LogP contribution >= 0.6 is 11.3 Å². The van der Waals surface area contributed by atoms with Crippen LogP contribution in [0.2, 0.25) is 0 Å². The van der Waals surface area contributed by atoms with Crippen molar-refractivity contribution in [3.8, 4) is 0 Å². The van der Waals surface area contributed by atoms with Gasteiger partial charge in [0.15, 0.2) is 11.3 Å². The Labute approximate surface area is 161 Å². The first-order chi connectivity index (χ1) is 14.2. The Kier molecular flexibility index (Phi) is 2.04. The lowest BCUT2D eigenvalue weighted by Crippen LogP contribution is -2.13. The van der Waals surface area contributed by atoms with Crippen molar-refractivity contribution in [3.63, 3.8) is 0 Å². The second-order valence-electron chi connectivity index (χ2n) is 7.04. The van der Waals surface area contributed by atoms with Gasteiger partial charge in [-0.3, -0.25) is 18.4 Å². The minimum absolute atomic E-state index is 0.175. The highest BCUT2D eigenvalue weighted by molar-refractivity contribution is 7.26. The first kappa shape index (κ1) is 14.1. The van der Waals surface area contributed by atoms with Crippen molar-refractivity contribution in [2.24, 2.45) is 0 Å². The molecular formula is C20H6N4O4S. The van der Waals surface area contributed by atoms with Gasteiger partial charge in [-0.25, -0.2) is 0 Å². The molecule has 8 rings (SSSR count). The zero-order valence-electron chi connectivity index (χ0n) is 14.3. The number of furan rings is 2. The molecule has 0 saturated carbocycles. The molecule has 0 atom stereocenters. The molecule has 9 heteroatoms. The smallest absolute Gasteiger partial charge is 0.274 e. The molecule has 7 heterocycles. The lowest BCUT2D eigenvalue weighted by Gasteiger charge is -2.04. The van der Waals surface area contributed by atoms with E-state index in [1.54, 1.807) is 27.0 Å². The molecule has 7 aromatic heterocycles. The van der Waals surface area contributed by atoms with Gasteiger partial charge in [-0.05, 0) is 12.1 Å². The molecule has 0 radical (unpaired) electrons. The predicted molar refractivity (Wildman–Crippen MR) is 109 cm³/mol. The molecule has 0 aliphatic rings. The maximum absolute atomic E-state index is 13.4. The van der Waals surface area contributed by atoms with E-state index in [0.29, 0.717) is 43.8 Å². The average Bonchev–Trinajstić information content (AvgIpc) is 3.48. The zero-order chi connectivity index (χ0) is 19.0. The van der Waals surface area contributed by atoms with Crippen molar-refractivity contribution in [1.82, 2.24) is 18.8 Å². The number of hydrogen-bond acceptors (Lipinski definition) is 7. The summed E-state index contributed by atoms with van der Waals surface area (Å²) in [7, 11) is 0. The van der Waals surface area contributed by atoms with Crippen LogP contribution in [0.15, 0.2) is 55.2 Å².